The summed E-state index contributed by atoms with van der Waals surface area (Å²) >= 11 is 0. The molecule has 0 bridgehead atoms. The van der Waals surface area contributed by atoms with Crippen LogP contribution < -0.4 is 10.6 Å². The summed E-state index contributed by atoms with van der Waals surface area (Å²) in [5.74, 6) is -0.269. The normalized spacial score (nSPS) is 5.64. The monoisotopic (exact) mass is 246 g/mol. The van der Waals surface area contributed by atoms with E-state index < -0.39 is 0 Å². The Hall–Kier alpha value is -0.696. The molecule has 5 heteroatoms. The number of rotatable bonds is 1. The average Bonchev–Trinajstić information content (AvgIpc) is 1.89. The second-order valence-electron chi connectivity index (χ2n) is 1.66. The fraction of sp³-hybridized carbons (Fsp3) is 0.333. The van der Waals surface area contributed by atoms with Gasteiger partial charge in [-0.05, 0) is 0 Å². The van der Waals surface area contributed by atoms with Crippen molar-refractivity contribution in [3.63, 3.8) is 0 Å². The van der Waals surface area contributed by atoms with Crippen molar-refractivity contribution in [1.29, 1.82) is 0 Å². The second-order valence-corrected chi connectivity index (χ2v) is 1.66. The van der Waals surface area contributed by atoms with Gasteiger partial charge in [0.2, 0.25) is 5.91 Å². The Morgan fingerprint density at radius 1 is 1.29 bits per heavy atom. The van der Waals surface area contributed by atoms with Gasteiger partial charge in [0.15, 0.2) is 0 Å². The van der Waals surface area contributed by atoms with Crippen LogP contribution in [-0.4, -0.2) is 25.4 Å². The number of nitrogens with one attached hydrogen (secondary N) is 2. The number of carbonyl (C=O) groups is 2. The summed E-state index contributed by atoms with van der Waals surface area (Å²) in [7, 11) is 1.54. The third-order valence-electron chi connectivity index (χ3n) is 0.653. The molecule has 2 amide bonds. The molecule has 0 fully saturated rings. The van der Waals surface area contributed by atoms with Crippen LogP contribution in [0.25, 0.3) is 0 Å². The summed E-state index contributed by atoms with van der Waals surface area (Å²) in [6.45, 7) is 8.35. The number of carbonyl (C=O) groups excluding carboxylic acids is 2. The maximum Gasteiger partial charge on any atom is 0.214 e. The van der Waals surface area contributed by atoms with Crippen LogP contribution in [0.15, 0.2) is 0 Å². The van der Waals surface area contributed by atoms with Gasteiger partial charge < -0.3 is 44.1 Å². The van der Waals surface area contributed by atoms with Gasteiger partial charge in [-0.1, -0.05) is 0 Å². The molecule has 0 rings (SSSR count). The number of hydrogen-bond acceptors (Lipinski definition) is 2. The summed E-state index contributed by atoms with van der Waals surface area (Å²) in [5, 5.41) is 4.74. The topological polar surface area (TPSA) is 58.2 Å². The van der Waals surface area contributed by atoms with Crippen molar-refractivity contribution >= 4 is 11.8 Å². The van der Waals surface area contributed by atoms with Crippen LogP contribution >= 0.6 is 0 Å². The van der Waals surface area contributed by atoms with Gasteiger partial charge in [0.1, 0.15) is 0 Å². The fourth-order valence-corrected chi connectivity index (χ4v) is 0.176. The smallest absolute Gasteiger partial charge is 0.214 e. The minimum Gasteiger partial charge on any atom is -0.386 e. The quantitative estimate of drug-likeness (QED) is 0.521. The molecule has 2 N–H and O–H groups in total. The van der Waals surface area contributed by atoms with Crippen molar-refractivity contribution < 1.29 is 26.1 Å². The first-order chi connectivity index (χ1) is 5.04. The van der Waals surface area contributed by atoms with Gasteiger partial charge in [-0.3, -0.25) is 4.79 Å². The molecule has 0 spiro atoms. The van der Waals surface area contributed by atoms with E-state index in [9.17, 15) is 9.59 Å². The van der Waals surface area contributed by atoms with Gasteiger partial charge >= 0.3 is 0 Å². The Morgan fingerprint density at radius 3 is 1.57 bits per heavy atom. The second kappa shape index (κ2) is 22.8. The summed E-state index contributed by atoms with van der Waals surface area (Å²) in [5.41, 5.74) is 0. The molecule has 0 aliphatic rings. The van der Waals surface area contributed by atoms with E-state index in [4.69, 9.17) is 0 Å². The minimum absolute atomic E-state index is 0. The number of hydrogen-bond donors (Lipinski definition) is 2. The van der Waals surface area contributed by atoms with E-state index in [-0.39, 0.29) is 43.2 Å². The third-order valence-corrected chi connectivity index (χ3v) is 0.653. The predicted molar refractivity (Wildman–Crippen MR) is 56.3 cm³/mol. The molecule has 0 unspecified atom stereocenters. The molecule has 0 atom stereocenters. The number of amides is 2. The zero-order valence-corrected chi connectivity index (χ0v) is 10.2. The van der Waals surface area contributed by atoms with E-state index >= 15 is 0 Å². The van der Waals surface area contributed by atoms with E-state index in [1.807, 2.05) is 0 Å². The predicted octanol–water partition coefficient (Wildman–Crippen LogP) is 0.421. The summed E-state index contributed by atoms with van der Waals surface area (Å²) in [6.07, 6.45) is 0. The van der Waals surface area contributed by atoms with Gasteiger partial charge in [0, 0.05) is 30.5 Å². The molecule has 14 heavy (non-hydrogen) atoms. The molecule has 0 aromatic carbocycles. The van der Waals surface area contributed by atoms with Crippen LogP contribution in [0, 0.1) is 28.7 Å². The first kappa shape index (κ1) is 29.2. The van der Waals surface area contributed by atoms with E-state index in [0.29, 0.717) is 6.54 Å². The first-order valence-corrected chi connectivity index (χ1v) is 3.12. The van der Waals surface area contributed by atoms with Crippen LogP contribution in [-0.2, 0) is 26.1 Å². The maximum atomic E-state index is 9.89. The molecule has 0 aromatic heterocycles. The van der Waals surface area contributed by atoms with Crippen LogP contribution in [0.4, 0.5) is 0 Å². The van der Waals surface area contributed by atoms with Crippen molar-refractivity contribution in [3.8, 4) is 0 Å². The van der Waals surface area contributed by atoms with E-state index in [0.717, 1.165) is 0 Å². The van der Waals surface area contributed by atoms with Crippen LogP contribution in [0.2, 0.25) is 0 Å². The molecule has 0 saturated heterocycles. The van der Waals surface area contributed by atoms with Crippen LogP contribution in [0.3, 0.4) is 0 Å². The maximum absolute atomic E-state index is 9.89. The van der Waals surface area contributed by atoms with Crippen molar-refractivity contribution in [2.45, 2.75) is 6.92 Å². The largest absolute Gasteiger partial charge is 0.386 e. The van der Waals surface area contributed by atoms with Crippen molar-refractivity contribution in [1.82, 2.24) is 10.6 Å². The Balaban J connectivity index is -0.0000000321. The Kier molecular flexibility index (Phi) is 47.6. The van der Waals surface area contributed by atoms with Crippen LogP contribution in [0.1, 0.15) is 6.92 Å². The van der Waals surface area contributed by atoms with Crippen molar-refractivity contribution in [2.24, 2.45) is 0 Å². The summed E-state index contributed by atoms with van der Waals surface area (Å²) < 4.78 is 0. The average molecular weight is 247 g/mol. The molecule has 0 heterocycles. The summed E-state index contributed by atoms with van der Waals surface area (Å²) in [4.78, 5) is 19.5. The van der Waals surface area contributed by atoms with Crippen LogP contribution in [0.5, 0.6) is 0 Å². The molecule has 0 radical (unpaired) electrons. The zero-order chi connectivity index (χ0) is 9.28. The molecule has 0 aromatic rings. The fourth-order valence-electron chi connectivity index (χ4n) is 0.176. The molecule has 92 valence electrons. The van der Waals surface area contributed by atoms with Gasteiger partial charge in [-0.25, -0.2) is 0 Å². The molecule has 0 saturated carbocycles. The molecule has 0 aliphatic heterocycles. The van der Waals surface area contributed by atoms with Gasteiger partial charge in [-0.15, -0.1) is 6.54 Å². The van der Waals surface area contributed by atoms with Gasteiger partial charge in [0.05, 0.1) is 5.91 Å². The van der Waals surface area contributed by atoms with E-state index in [2.05, 4.69) is 24.5 Å². The Bertz CT molecular complexity index is 130. The van der Waals surface area contributed by atoms with Gasteiger partial charge in [-0.2, -0.15) is 0 Å². The van der Waals surface area contributed by atoms with Crippen molar-refractivity contribution in [2.75, 3.05) is 13.6 Å². The first-order valence-electron chi connectivity index (χ1n) is 3.12. The molecule has 4 nitrogen and oxygen atoms in total. The molecular formula is C9H20N2NiO2-4. The Morgan fingerprint density at radius 2 is 1.57 bits per heavy atom. The van der Waals surface area contributed by atoms with E-state index in [1.54, 1.807) is 0 Å². The third kappa shape index (κ3) is 64.8. The zero-order valence-electron chi connectivity index (χ0n) is 9.25. The van der Waals surface area contributed by atoms with Crippen molar-refractivity contribution in [3.05, 3.63) is 28.7 Å². The van der Waals surface area contributed by atoms with E-state index in [1.165, 1.54) is 14.0 Å². The minimum atomic E-state index is -0.245. The SMILES string of the molecule is [CH2-]C(=O)NC.[CH2-]CNC(C)=O.[CH3-].[CH3-].[Ni]. The Labute approximate surface area is 98.1 Å². The summed E-state index contributed by atoms with van der Waals surface area (Å²) in [6, 6.07) is 0. The molecular weight excluding hydrogens is 227 g/mol. The molecule has 0 aliphatic carbocycles. The van der Waals surface area contributed by atoms with Gasteiger partial charge in [0.25, 0.3) is 0 Å². The standard InChI is InChI=1S/C4H8NO.C3H6NO.2CH3.Ni/c1-3-5-4(2)6;1-3(5)4-2;;;/h1,3H2,2H3,(H,5,6);1H2,2H3,(H,4,5);2*1H3;/q4*-1;.